The van der Waals surface area contributed by atoms with E-state index >= 15 is 0 Å². The molecule has 5 heteroatoms. The maximum atomic E-state index is 11.5. The normalized spacial score (nSPS) is 24.4. The quantitative estimate of drug-likeness (QED) is 0.483. The molecule has 2 aromatic carbocycles. The summed E-state index contributed by atoms with van der Waals surface area (Å²) < 4.78 is 5.42. The summed E-state index contributed by atoms with van der Waals surface area (Å²) in [7, 11) is 3.85. The number of nitrogens with zero attached hydrogens (tertiary/aromatic N) is 2. The number of ether oxygens (including phenoxy) is 1. The number of rotatable bonds is 9. The number of nitrogens with one attached hydrogen (secondary N) is 1. The van der Waals surface area contributed by atoms with Crippen LogP contribution in [0.4, 0.5) is 0 Å². The van der Waals surface area contributed by atoms with Crippen molar-refractivity contribution >= 4 is 16.6 Å². The predicted octanol–water partition coefficient (Wildman–Crippen LogP) is 5.07. The molecule has 0 radical (unpaired) electrons. The molecule has 0 saturated heterocycles. The summed E-state index contributed by atoms with van der Waals surface area (Å²) in [4.78, 5) is 10.5. The van der Waals surface area contributed by atoms with Crippen LogP contribution in [0.2, 0.25) is 0 Å². The minimum absolute atomic E-state index is 0.275. The molecule has 0 aliphatic heterocycles. The Morgan fingerprint density at radius 3 is 2.73 bits per heavy atom. The monoisotopic (exact) mass is 445 g/mol. The van der Waals surface area contributed by atoms with Gasteiger partial charge in [0.2, 0.25) is 0 Å². The first kappa shape index (κ1) is 22.2. The second kappa shape index (κ2) is 9.32. The van der Waals surface area contributed by atoms with Crippen LogP contribution < -0.4 is 4.74 Å². The van der Waals surface area contributed by atoms with Crippen molar-refractivity contribution in [1.29, 1.82) is 0 Å². The molecule has 3 atom stereocenters. The molecule has 0 spiro atoms. The predicted molar refractivity (Wildman–Crippen MR) is 133 cm³/mol. The summed E-state index contributed by atoms with van der Waals surface area (Å²) in [6.07, 6.45) is 8.35. The summed E-state index contributed by atoms with van der Waals surface area (Å²) >= 11 is 0. The third-order valence-electron chi connectivity index (χ3n) is 7.67. The number of hydrogen-bond donors (Lipinski definition) is 2. The van der Waals surface area contributed by atoms with Crippen LogP contribution in [0, 0.1) is 11.8 Å². The number of aromatic amines is 1. The Kier molecular flexibility index (Phi) is 6.26. The Balaban J connectivity index is 1.13. The van der Waals surface area contributed by atoms with Gasteiger partial charge in [0.25, 0.3) is 0 Å². The molecule has 2 bridgehead atoms. The molecular weight excluding hydrogens is 410 g/mol. The van der Waals surface area contributed by atoms with E-state index in [-0.39, 0.29) is 5.92 Å². The number of benzene rings is 2. The lowest BCUT2D eigenvalue weighted by Crippen LogP contribution is -2.48. The zero-order valence-corrected chi connectivity index (χ0v) is 19.8. The molecule has 0 amide bonds. The van der Waals surface area contributed by atoms with Gasteiger partial charge < -0.3 is 19.7 Å². The zero-order valence-electron chi connectivity index (χ0n) is 19.8. The fraction of sp³-hybridized carbons (Fsp3) is 0.464. The fourth-order valence-corrected chi connectivity index (χ4v) is 5.79. The summed E-state index contributed by atoms with van der Waals surface area (Å²) in [6, 6.07) is 16.7. The molecule has 3 aromatic rings. The highest BCUT2D eigenvalue weighted by Gasteiger charge is 2.46. The Morgan fingerprint density at radius 1 is 1.12 bits per heavy atom. The highest BCUT2D eigenvalue weighted by molar-refractivity contribution is 5.81. The van der Waals surface area contributed by atoms with E-state index in [1.54, 1.807) is 7.11 Å². The van der Waals surface area contributed by atoms with E-state index in [2.05, 4.69) is 53.3 Å². The number of aromatic nitrogens is 2. The second-order valence-electron chi connectivity index (χ2n) is 9.87. The van der Waals surface area contributed by atoms with Crippen LogP contribution in [0.25, 0.3) is 16.6 Å². The van der Waals surface area contributed by atoms with E-state index in [4.69, 9.17) is 9.72 Å². The number of imidazole rings is 1. The standard InChI is InChI=1S/C28H35N3O2/c1-31(16-7-12-26-29-24-10-6-11-25(33-2)27(24)30-26)17-15-28(32)19-21-13-14-22(28)18-23(21)20-8-4-3-5-9-20/h3-6,8-11,18,21-22,32H,7,12-17,19H2,1-2H3,(H,29,30)/t21-,22+,28-/m1/s1. The van der Waals surface area contributed by atoms with E-state index in [1.165, 1.54) is 17.6 Å². The average molecular weight is 446 g/mol. The van der Waals surface area contributed by atoms with Gasteiger partial charge >= 0.3 is 0 Å². The molecular formula is C28H35N3O2. The van der Waals surface area contributed by atoms with Crippen LogP contribution in [0.5, 0.6) is 5.75 Å². The van der Waals surface area contributed by atoms with E-state index < -0.39 is 5.60 Å². The van der Waals surface area contributed by atoms with Crippen LogP contribution in [0.15, 0.2) is 54.6 Å². The van der Waals surface area contributed by atoms with E-state index in [9.17, 15) is 5.11 Å². The maximum absolute atomic E-state index is 11.5. The Bertz CT molecular complexity index is 1120. The van der Waals surface area contributed by atoms with E-state index in [0.29, 0.717) is 5.92 Å². The lowest BCUT2D eigenvalue weighted by Gasteiger charge is -2.48. The summed E-state index contributed by atoms with van der Waals surface area (Å²) in [5.74, 6) is 2.57. The number of methoxy groups -OCH3 is 1. The van der Waals surface area contributed by atoms with Gasteiger partial charge in [-0.2, -0.15) is 0 Å². The minimum Gasteiger partial charge on any atom is -0.494 e. The van der Waals surface area contributed by atoms with Gasteiger partial charge in [-0.3, -0.25) is 0 Å². The van der Waals surface area contributed by atoms with Gasteiger partial charge in [-0.15, -0.1) is 0 Å². The molecule has 2 N–H and O–H groups in total. The van der Waals surface area contributed by atoms with Crippen molar-refractivity contribution in [2.75, 3.05) is 27.2 Å². The number of fused-ring (bicyclic) bond motifs is 3. The molecule has 174 valence electrons. The van der Waals surface area contributed by atoms with Gasteiger partial charge in [0.1, 0.15) is 17.1 Å². The highest BCUT2D eigenvalue weighted by Crippen LogP contribution is 2.51. The third-order valence-corrected chi connectivity index (χ3v) is 7.67. The van der Waals surface area contributed by atoms with E-state index in [0.717, 1.165) is 67.8 Å². The molecule has 1 fully saturated rings. The number of hydrogen-bond acceptors (Lipinski definition) is 4. The lowest BCUT2D eigenvalue weighted by molar-refractivity contribution is -0.0574. The molecule has 3 aliphatic carbocycles. The van der Waals surface area contributed by atoms with Crippen molar-refractivity contribution in [2.24, 2.45) is 11.8 Å². The van der Waals surface area contributed by atoms with Gasteiger partial charge in [-0.25, -0.2) is 4.98 Å². The van der Waals surface area contributed by atoms with Crippen molar-refractivity contribution in [3.63, 3.8) is 0 Å². The van der Waals surface area contributed by atoms with Crippen molar-refractivity contribution in [3.05, 3.63) is 66.0 Å². The average Bonchev–Trinajstić information content (AvgIpc) is 3.27. The lowest BCUT2D eigenvalue weighted by atomic mass is 9.61. The van der Waals surface area contributed by atoms with Gasteiger partial charge in [0.05, 0.1) is 18.2 Å². The first-order valence-corrected chi connectivity index (χ1v) is 12.3. The van der Waals surface area contributed by atoms with E-state index in [1.807, 2.05) is 18.2 Å². The zero-order chi connectivity index (χ0) is 22.8. The fourth-order valence-electron chi connectivity index (χ4n) is 5.79. The van der Waals surface area contributed by atoms with Crippen molar-refractivity contribution < 1.29 is 9.84 Å². The topological polar surface area (TPSA) is 61.4 Å². The number of aryl methyl sites for hydroxylation is 1. The summed E-state index contributed by atoms with van der Waals surface area (Å²) in [6.45, 7) is 1.91. The van der Waals surface area contributed by atoms with Crippen molar-refractivity contribution in [3.8, 4) is 5.75 Å². The Morgan fingerprint density at radius 2 is 1.97 bits per heavy atom. The van der Waals surface area contributed by atoms with Crippen molar-refractivity contribution in [2.45, 2.75) is 44.1 Å². The first-order chi connectivity index (χ1) is 16.1. The Hall–Kier alpha value is -2.63. The van der Waals surface area contributed by atoms with Gasteiger partial charge in [0.15, 0.2) is 0 Å². The van der Waals surface area contributed by atoms with Crippen LogP contribution in [0.3, 0.4) is 0 Å². The minimum atomic E-state index is -0.565. The highest BCUT2D eigenvalue weighted by atomic mass is 16.5. The summed E-state index contributed by atoms with van der Waals surface area (Å²) in [5, 5.41) is 11.5. The number of H-pyrrole nitrogens is 1. The van der Waals surface area contributed by atoms with Crippen LogP contribution in [0.1, 0.15) is 43.5 Å². The largest absolute Gasteiger partial charge is 0.494 e. The molecule has 0 unspecified atom stereocenters. The molecule has 33 heavy (non-hydrogen) atoms. The first-order valence-electron chi connectivity index (χ1n) is 12.3. The van der Waals surface area contributed by atoms with Crippen LogP contribution in [-0.4, -0.2) is 52.8 Å². The second-order valence-corrected chi connectivity index (χ2v) is 9.87. The molecule has 5 nitrogen and oxygen atoms in total. The number of allylic oxidation sites excluding steroid dienone is 1. The molecule has 1 heterocycles. The SMILES string of the molecule is COc1cccc2[nH]c(CCCN(C)CC[C@@]3(O)C[C@H]4CC[C@H]3C=C4c3ccccc3)nc12. The van der Waals surface area contributed by atoms with Crippen LogP contribution >= 0.6 is 0 Å². The molecule has 1 aromatic heterocycles. The van der Waals surface area contributed by atoms with Gasteiger partial charge in [0, 0.05) is 18.9 Å². The number of para-hydroxylation sites is 1. The molecule has 6 rings (SSSR count). The van der Waals surface area contributed by atoms with Crippen LogP contribution in [-0.2, 0) is 6.42 Å². The third kappa shape index (κ3) is 4.57. The number of aliphatic hydroxyl groups is 1. The maximum Gasteiger partial charge on any atom is 0.146 e. The smallest absolute Gasteiger partial charge is 0.146 e. The molecule has 3 aliphatic rings. The van der Waals surface area contributed by atoms with Gasteiger partial charge in [-0.05, 0) is 74.9 Å². The Labute approximate surface area is 196 Å². The summed E-state index contributed by atoms with van der Waals surface area (Å²) in [5.41, 5.74) is 4.14. The van der Waals surface area contributed by atoms with Gasteiger partial charge in [-0.1, -0.05) is 42.5 Å². The van der Waals surface area contributed by atoms with Crippen molar-refractivity contribution in [1.82, 2.24) is 14.9 Å². The molecule has 1 saturated carbocycles.